The summed E-state index contributed by atoms with van der Waals surface area (Å²) < 4.78 is 5.05. The van der Waals surface area contributed by atoms with E-state index in [2.05, 4.69) is 6.58 Å². The highest BCUT2D eigenvalue weighted by atomic mass is 16.5. The molecule has 3 rings (SSSR count). The van der Waals surface area contributed by atoms with Crippen LogP contribution in [-0.2, 0) is 14.4 Å². The molecule has 2 amide bonds. The van der Waals surface area contributed by atoms with Gasteiger partial charge in [-0.1, -0.05) is 24.3 Å². The van der Waals surface area contributed by atoms with E-state index in [4.69, 9.17) is 4.74 Å². The molecule has 0 spiro atoms. The van der Waals surface area contributed by atoms with Crippen LogP contribution in [0.3, 0.4) is 0 Å². The lowest BCUT2D eigenvalue weighted by molar-refractivity contribution is -0.129. The van der Waals surface area contributed by atoms with Gasteiger partial charge in [0.1, 0.15) is 5.75 Å². The zero-order chi connectivity index (χ0) is 16.6. The van der Waals surface area contributed by atoms with Crippen molar-refractivity contribution in [2.24, 2.45) is 11.8 Å². The zero-order valence-corrected chi connectivity index (χ0v) is 12.8. The lowest BCUT2D eigenvalue weighted by atomic mass is 9.82. The third-order valence-electron chi connectivity index (χ3n) is 4.28. The van der Waals surface area contributed by atoms with Crippen molar-refractivity contribution in [1.82, 2.24) is 0 Å². The number of carbonyl (C=O) groups is 3. The first-order chi connectivity index (χ1) is 11.0. The molecular formula is C18H17NO4. The number of carbonyl (C=O) groups excluding carboxylic acids is 3. The van der Waals surface area contributed by atoms with Crippen LogP contribution in [-0.4, -0.2) is 17.8 Å². The Labute approximate surface area is 134 Å². The molecule has 0 N–H and O–H groups in total. The van der Waals surface area contributed by atoms with E-state index < -0.39 is 5.97 Å². The Morgan fingerprint density at radius 2 is 2.04 bits per heavy atom. The van der Waals surface area contributed by atoms with Gasteiger partial charge in [0.15, 0.2) is 0 Å². The van der Waals surface area contributed by atoms with Crippen molar-refractivity contribution in [3.8, 4) is 5.75 Å². The molecule has 2 aliphatic rings. The fourth-order valence-electron chi connectivity index (χ4n) is 3.14. The van der Waals surface area contributed by atoms with Gasteiger partial charge in [-0.25, -0.2) is 9.69 Å². The van der Waals surface area contributed by atoms with Crippen LogP contribution in [0.1, 0.15) is 19.8 Å². The number of benzene rings is 1. The zero-order valence-electron chi connectivity index (χ0n) is 12.8. The van der Waals surface area contributed by atoms with Crippen molar-refractivity contribution in [3.05, 3.63) is 48.6 Å². The number of amides is 2. The van der Waals surface area contributed by atoms with Crippen molar-refractivity contribution in [2.45, 2.75) is 19.8 Å². The van der Waals surface area contributed by atoms with E-state index in [0.717, 1.165) is 11.6 Å². The number of anilines is 1. The van der Waals surface area contributed by atoms with E-state index in [-0.39, 0.29) is 29.4 Å². The SMILES string of the molecule is C=CC(=O)Oc1cccc(N2C(=O)C3CC=C(C)CC3C2=O)c1. The molecule has 23 heavy (non-hydrogen) atoms. The molecule has 0 saturated carbocycles. The summed E-state index contributed by atoms with van der Waals surface area (Å²) in [6.07, 6.45) is 4.31. The molecular weight excluding hydrogens is 294 g/mol. The van der Waals surface area contributed by atoms with Crippen LogP contribution in [0.15, 0.2) is 48.6 Å². The van der Waals surface area contributed by atoms with Gasteiger partial charge >= 0.3 is 5.97 Å². The van der Waals surface area contributed by atoms with Crippen molar-refractivity contribution < 1.29 is 19.1 Å². The minimum Gasteiger partial charge on any atom is -0.423 e. The summed E-state index contributed by atoms with van der Waals surface area (Å²) in [6, 6.07) is 6.43. The minimum atomic E-state index is -0.588. The topological polar surface area (TPSA) is 63.7 Å². The number of nitrogens with zero attached hydrogens (tertiary/aromatic N) is 1. The van der Waals surface area contributed by atoms with Gasteiger partial charge in [-0.05, 0) is 31.9 Å². The molecule has 1 fully saturated rings. The smallest absolute Gasteiger partial charge is 0.335 e. The molecule has 2 unspecified atom stereocenters. The van der Waals surface area contributed by atoms with Crippen molar-refractivity contribution in [3.63, 3.8) is 0 Å². The molecule has 5 nitrogen and oxygen atoms in total. The molecule has 0 radical (unpaired) electrons. The Bertz CT molecular complexity index is 734. The van der Waals surface area contributed by atoms with Gasteiger partial charge in [0, 0.05) is 12.1 Å². The minimum absolute atomic E-state index is 0.181. The first-order valence-electron chi connectivity index (χ1n) is 7.49. The standard InChI is InChI=1S/C18H17NO4/c1-3-16(20)23-13-6-4-5-12(10-13)19-17(21)14-8-7-11(2)9-15(14)18(19)22/h3-7,10,14-15H,1,8-9H2,2H3. The molecule has 1 saturated heterocycles. The summed E-state index contributed by atoms with van der Waals surface area (Å²) in [4.78, 5) is 37.7. The summed E-state index contributed by atoms with van der Waals surface area (Å²) in [7, 11) is 0. The third kappa shape index (κ3) is 2.70. The first-order valence-corrected chi connectivity index (χ1v) is 7.49. The molecule has 1 aliphatic heterocycles. The summed E-state index contributed by atoms with van der Waals surface area (Å²) >= 11 is 0. The number of fused-ring (bicyclic) bond motifs is 1. The van der Waals surface area contributed by atoms with Gasteiger partial charge in [0.25, 0.3) is 0 Å². The van der Waals surface area contributed by atoms with Gasteiger partial charge in [-0.3, -0.25) is 9.59 Å². The number of ether oxygens (including phenoxy) is 1. The van der Waals surface area contributed by atoms with Gasteiger partial charge < -0.3 is 4.74 Å². The van der Waals surface area contributed by atoms with Gasteiger partial charge in [-0.15, -0.1) is 0 Å². The fourth-order valence-corrected chi connectivity index (χ4v) is 3.14. The maximum absolute atomic E-state index is 12.6. The van der Waals surface area contributed by atoms with Gasteiger partial charge in [0.2, 0.25) is 11.8 Å². The summed E-state index contributed by atoms with van der Waals surface area (Å²) in [5.74, 6) is -1.25. The van der Waals surface area contributed by atoms with E-state index >= 15 is 0 Å². The predicted molar refractivity (Wildman–Crippen MR) is 84.7 cm³/mol. The monoisotopic (exact) mass is 311 g/mol. The normalized spacial score (nSPS) is 23.3. The molecule has 5 heteroatoms. The average Bonchev–Trinajstić information content (AvgIpc) is 2.78. The molecule has 1 aliphatic carbocycles. The van der Waals surface area contributed by atoms with Crippen molar-refractivity contribution in [2.75, 3.05) is 4.90 Å². The van der Waals surface area contributed by atoms with Crippen LogP contribution in [0.4, 0.5) is 5.69 Å². The van der Waals surface area contributed by atoms with Gasteiger partial charge in [0.05, 0.1) is 17.5 Å². The van der Waals surface area contributed by atoms with Crippen LogP contribution >= 0.6 is 0 Å². The summed E-state index contributed by atoms with van der Waals surface area (Å²) in [5, 5.41) is 0. The highest BCUT2D eigenvalue weighted by molar-refractivity contribution is 6.22. The van der Waals surface area contributed by atoms with E-state index in [0.29, 0.717) is 18.5 Å². The number of allylic oxidation sites excluding steroid dienone is 2. The Balaban J connectivity index is 1.89. The number of imide groups is 1. The maximum Gasteiger partial charge on any atom is 0.335 e. The Morgan fingerprint density at radius 3 is 2.78 bits per heavy atom. The predicted octanol–water partition coefficient (Wildman–Crippen LogP) is 2.62. The highest BCUT2D eigenvalue weighted by Crippen LogP contribution is 2.40. The van der Waals surface area contributed by atoms with Crippen LogP contribution in [0, 0.1) is 11.8 Å². The fraction of sp³-hybridized carbons (Fsp3) is 0.278. The largest absolute Gasteiger partial charge is 0.423 e. The second-order valence-electron chi connectivity index (χ2n) is 5.84. The average molecular weight is 311 g/mol. The second-order valence-corrected chi connectivity index (χ2v) is 5.84. The number of hydrogen-bond donors (Lipinski definition) is 0. The molecule has 0 aromatic heterocycles. The van der Waals surface area contributed by atoms with Crippen LogP contribution in [0.5, 0.6) is 5.75 Å². The van der Waals surface area contributed by atoms with E-state index in [1.807, 2.05) is 13.0 Å². The number of esters is 1. The third-order valence-corrected chi connectivity index (χ3v) is 4.28. The Morgan fingerprint density at radius 1 is 1.30 bits per heavy atom. The molecule has 1 heterocycles. The molecule has 1 aromatic rings. The quantitative estimate of drug-likeness (QED) is 0.283. The van der Waals surface area contributed by atoms with Crippen LogP contribution in [0.25, 0.3) is 0 Å². The van der Waals surface area contributed by atoms with E-state index in [1.54, 1.807) is 18.2 Å². The molecule has 2 atom stereocenters. The number of rotatable bonds is 3. The number of hydrogen-bond acceptors (Lipinski definition) is 4. The van der Waals surface area contributed by atoms with Crippen molar-refractivity contribution >= 4 is 23.5 Å². The lowest BCUT2D eigenvalue weighted by Crippen LogP contribution is -2.30. The second kappa shape index (κ2) is 5.83. The highest BCUT2D eigenvalue weighted by Gasteiger charge is 2.48. The molecule has 1 aromatic carbocycles. The van der Waals surface area contributed by atoms with Crippen LogP contribution in [0.2, 0.25) is 0 Å². The van der Waals surface area contributed by atoms with Crippen molar-refractivity contribution in [1.29, 1.82) is 0 Å². The Hall–Kier alpha value is -2.69. The van der Waals surface area contributed by atoms with E-state index in [9.17, 15) is 14.4 Å². The molecule has 0 bridgehead atoms. The Kier molecular flexibility index (Phi) is 3.86. The molecule has 118 valence electrons. The van der Waals surface area contributed by atoms with Gasteiger partial charge in [-0.2, -0.15) is 0 Å². The first kappa shape index (κ1) is 15.2. The maximum atomic E-state index is 12.6. The summed E-state index contributed by atoms with van der Waals surface area (Å²) in [5.41, 5.74) is 1.57. The lowest BCUT2D eigenvalue weighted by Gasteiger charge is -2.18. The van der Waals surface area contributed by atoms with E-state index in [1.165, 1.54) is 11.0 Å². The van der Waals surface area contributed by atoms with Crippen LogP contribution < -0.4 is 9.64 Å². The summed E-state index contributed by atoms with van der Waals surface area (Å²) in [6.45, 7) is 5.32.